The number of carbonyl (C=O) groups excluding carboxylic acids is 4. The maximum absolute atomic E-state index is 13.8. The summed E-state index contributed by atoms with van der Waals surface area (Å²) in [5, 5.41) is 2.43. The van der Waals surface area contributed by atoms with Gasteiger partial charge in [-0.1, -0.05) is 12.2 Å². The van der Waals surface area contributed by atoms with E-state index in [0.29, 0.717) is 5.69 Å². The second-order valence-electron chi connectivity index (χ2n) is 10.6. The van der Waals surface area contributed by atoms with Crippen molar-refractivity contribution in [1.82, 2.24) is 0 Å². The van der Waals surface area contributed by atoms with Gasteiger partial charge in [-0.15, -0.1) is 0 Å². The highest BCUT2D eigenvalue weighted by molar-refractivity contribution is 6.23. The van der Waals surface area contributed by atoms with Gasteiger partial charge in [0.05, 0.1) is 17.5 Å². The molecule has 44 heavy (non-hydrogen) atoms. The summed E-state index contributed by atoms with van der Waals surface area (Å²) in [6.45, 7) is -0.740. The SMILES string of the molecule is CC(F)(C(F)(F)F)C(F)(F)OC(F)(F)C(=O)Oc1ccc(NC(=O)c2ccc(N3C(=O)C4C5C=CC(C5)C4C3=O)cc2)cc1. The predicted molar refractivity (Wildman–Crippen MR) is 133 cm³/mol. The Kier molecular flexibility index (Phi) is 7.34. The van der Waals surface area contributed by atoms with Crippen LogP contribution < -0.4 is 15.0 Å². The molecule has 1 N–H and O–H groups in total. The Hall–Kier alpha value is -4.34. The van der Waals surface area contributed by atoms with Gasteiger partial charge >= 0.3 is 24.4 Å². The van der Waals surface area contributed by atoms with Crippen molar-refractivity contribution in [2.75, 3.05) is 10.2 Å². The minimum atomic E-state index is -6.32. The fourth-order valence-corrected chi connectivity index (χ4v) is 5.36. The summed E-state index contributed by atoms with van der Waals surface area (Å²) in [4.78, 5) is 51.3. The van der Waals surface area contributed by atoms with Gasteiger partial charge in [-0.3, -0.25) is 19.3 Å². The lowest BCUT2D eigenvalue weighted by Crippen LogP contribution is -2.58. The number of imide groups is 1. The van der Waals surface area contributed by atoms with E-state index in [1.807, 2.05) is 12.2 Å². The average molecular weight is 632 g/mol. The molecule has 5 rings (SSSR count). The highest BCUT2D eigenvalue weighted by Gasteiger charge is 2.72. The third kappa shape index (κ3) is 5.20. The third-order valence-corrected chi connectivity index (χ3v) is 7.75. The number of nitrogens with zero attached hydrogens (tertiary/aromatic N) is 1. The summed E-state index contributed by atoms with van der Waals surface area (Å²) in [7, 11) is 0. The van der Waals surface area contributed by atoms with Crippen molar-refractivity contribution in [2.45, 2.75) is 37.4 Å². The lowest BCUT2D eigenvalue weighted by molar-refractivity contribution is -0.431. The number of carbonyl (C=O) groups is 4. The number of amides is 3. The van der Waals surface area contributed by atoms with Gasteiger partial charge in [-0.05, 0) is 73.7 Å². The Labute approximate surface area is 242 Å². The molecule has 1 aliphatic heterocycles. The summed E-state index contributed by atoms with van der Waals surface area (Å²) < 4.78 is 113. The first kappa shape index (κ1) is 31.1. The van der Waals surface area contributed by atoms with Crippen LogP contribution >= 0.6 is 0 Å². The molecule has 1 heterocycles. The van der Waals surface area contributed by atoms with Gasteiger partial charge in [0, 0.05) is 11.3 Å². The van der Waals surface area contributed by atoms with Gasteiger partial charge in [0.1, 0.15) is 5.75 Å². The maximum atomic E-state index is 13.8. The van der Waals surface area contributed by atoms with E-state index in [-0.39, 0.29) is 34.9 Å². The molecule has 0 radical (unpaired) electrons. The molecule has 16 heteroatoms. The van der Waals surface area contributed by atoms with Crippen LogP contribution in [0.2, 0.25) is 0 Å². The van der Waals surface area contributed by atoms with Gasteiger partial charge < -0.3 is 10.1 Å². The van der Waals surface area contributed by atoms with Crippen LogP contribution in [0, 0.1) is 23.7 Å². The fourth-order valence-electron chi connectivity index (χ4n) is 5.36. The Morgan fingerprint density at radius 3 is 1.84 bits per heavy atom. The van der Waals surface area contributed by atoms with E-state index in [1.54, 1.807) is 0 Å². The van der Waals surface area contributed by atoms with Gasteiger partial charge in [-0.2, -0.15) is 30.7 Å². The Bertz CT molecular complexity index is 1510. The Morgan fingerprint density at radius 1 is 0.818 bits per heavy atom. The standard InChI is InChI=1S/C28H20F8N2O6/c1-25(29,27(32,33)34)28(35,36)44-26(30,31)24(42)43-18-10-6-16(7-11-18)37-21(39)13-4-8-17(9-5-13)38-22(40)19-14-2-3-15(12-14)20(19)23(38)41/h2-11,14-15,19-20H,12H2,1H3,(H,37,39). The number of allylic oxidation sites excluding steroid dienone is 2. The van der Waals surface area contributed by atoms with Crippen molar-refractivity contribution >= 4 is 35.1 Å². The minimum Gasteiger partial charge on any atom is -0.420 e. The number of hydrogen-bond acceptors (Lipinski definition) is 6. The van der Waals surface area contributed by atoms with Crippen molar-refractivity contribution in [3.63, 3.8) is 0 Å². The first-order chi connectivity index (χ1) is 20.3. The van der Waals surface area contributed by atoms with E-state index in [2.05, 4.69) is 14.8 Å². The number of halogens is 8. The van der Waals surface area contributed by atoms with E-state index in [4.69, 9.17) is 0 Å². The average Bonchev–Trinajstić information content (AvgIpc) is 3.62. The zero-order valence-corrected chi connectivity index (χ0v) is 22.2. The van der Waals surface area contributed by atoms with E-state index in [0.717, 1.165) is 35.6 Å². The smallest absolute Gasteiger partial charge is 0.420 e. The molecule has 3 amide bonds. The van der Waals surface area contributed by atoms with Gasteiger partial charge in [0.15, 0.2) is 0 Å². The molecule has 1 saturated carbocycles. The monoisotopic (exact) mass is 632 g/mol. The molecular weight excluding hydrogens is 612 g/mol. The molecule has 1 saturated heterocycles. The number of esters is 1. The number of alkyl halides is 8. The first-order valence-corrected chi connectivity index (χ1v) is 12.9. The second kappa shape index (κ2) is 10.4. The fraction of sp³-hybridized carbons (Fsp3) is 0.357. The maximum Gasteiger partial charge on any atom is 0.461 e. The molecule has 2 aromatic carbocycles. The van der Waals surface area contributed by atoms with Crippen LogP contribution in [0.4, 0.5) is 46.5 Å². The van der Waals surface area contributed by atoms with Crippen LogP contribution in [0.5, 0.6) is 5.75 Å². The van der Waals surface area contributed by atoms with Gasteiger partial charge in [-0.25, -0.2) is 13.9 Å². The van der Waals surface area contributed by atoms with Crippen molar-refractivity contribution < 1.29 is 63.8 Å². The van der Waals surface area contributed by atoms with E-state index in [1.165, 1.54) is 24.3 Å². The lowest BCUT2D eigenvalue weighted by atomic mass is 9.85. The number of ether oxygens (including phenoxy) is 2. The largest absolute Gasteiger partial charge is 0.461 e. The summed E-state index contributed by atoms with van der Waals surface area (Å²) in [6, 6.07) is 9.35. The van der Waals surface area contributed by atoms with Crippen LogP contribution in [-0.2, 0) is 19.1 Å². The molecule has 0 aromatic heterocycles. The van der Waals surface area contributed by atoms with Crippen molar-refractivity contribution in [3.05, 3.63) is 66.2 Å². The zero-order chi connectivity index (χ0) is 32.4. The topological polar surface area (TPSA) is 102 Å². The van der Waals surface area contributed by atoms with Crippen LogP contribution in [0.3, 0.4) is 0 Å². The molecule has 0 spiro atoms. The molecule has 3 aliphatic rings. The van der Waals surface area contributed by atoms with E-state index >= 15 is 0 Å². The van der Waals surface area contributed by atoms with Gasteiger partial charge in [0.25, 0.3) is 11.6 Å². The highest BCUT2D eigenvalue weighted by Crippen LogP contribution is 2.53. The molecule has 2 fully saturated rings. The number of nitrogens with one attached hydrogen (secondary N) is 1. The molecular formula is C28H20F8N2O6. The quantitative estimate of drug-likeness (QED) is 0.133. The lowest BCUT2D eigenvalue weighted by Gasteiger charge is -2.32. The number of rotatable bonds is 8. The van der Waals surface area contributed by atoms with Crippen molar-refractivity contribution in [3.8, 4) is 5.75 Å². The first-order valence-electron chi connectivity index (χ1n) is 12.9. The number of hydrogen-bond donors (Lipinski definition) is 1. The predicted octanol–water partition coefficient (Wildman–Crippen LogP) is 5.65. The van der Waals surface area contributed by atoms with Crippen LogP contribution in [0.1, 0.15) is 23.7 Å². The summed E-state index contributed by atoms with van der Waals surface area (Å²) >= 11 is 0. The molecule has 5 atom stereocenters. The zero-order valence-electron chi connectivity index (χ0n) is 22.2. The van der Waals surface area contributed by atoms with Crippen molar-refractivity contribution in [1.29, 1.82) is 0 Å². The molecule has 5 unspecified atom stereocenters. The third-order valence-electron chi connectivity index (χ3n) is 7.75. The number of fused-ring (bicyclic) bond motifs is 5. The van der Waals surface area contributed by atoms with E-state index in [9.17, 15) is 54.3 Å². The summed E-state index contributed by atoms with van der Waals surface area (Å²) in [5.41, 5.74) is -5.14. The van der Waals surface area contributed by atoms with Crippen LogP contribution in [0.25, 0.3) is 0 Å². The number of benzene rings is 2. The van der Waals surface area contributed by atoms with Crippen LogP contribution in [0.15, 0.2) is 60.7 Å². The molecule has 234 valence electrons. The normalized spacial score (nSPS) is 24.3. The molecule has 8 nitrogen and oxygen atoms in total. The van der Waals surface area contributed by atoms with E-state index < -0.39 is 60.4 Å². The Balaban J connectivity index is 1.18. The highest BCUT2D eigenvalue weighted by atomic mass is 19.4. The summed E-state index contributed by atoms with van der Waals surface area (Å²) in [6.07, 6.45) is -13.5. The van der Waals surface area contributed by atoms with Crippen LogP contribution in [-0.4, -0.2) is 47.8 Å². The van der Waals surface area contributed by atoms with Gasteiger partial charge in [0.2, 0.25) is 11.8 Å². The van der Waals surface area contributed by atoms with Crippen molar-refractivity contribution in [2.24, 2.45) is 23.7 Å². The number of anilines is 2. The molecule has 2 aromatic rings. The molecule has 2 bridgehead atoms. The second-order valence-corrected chi connectivity index (χ2v) is 10.6. The minimum absolute atomic E-state index is 0.0250. The Morgan fingerprint density at radius 2 is 1.34 bits per heavy atom. The molecule has 2 aliphatic carbocycles. The summed E-state index contributed by atoms with van der Waals surface area (Å²) in [5.74, 6) is -5.60.